The van der Waals surface area contributed by atoms with Crippen LogP contribution in [-0.4, -0.2) is 0 Å². The molecule has 1 aliphatic rings. The van der Waals surface area contributed by atoms with E-state index in [1.807, 2.05) is 0 Å². The average molecular weight is 273 g/mol. The Hall–Kier alpha value is -1.27. The summed E-state index contributed by atoms with van der Waals surface area (Å²) in [5.74, 6) is 0.778. The second kappa shape index (κ2) is 5.79. The number of benzene rings is 2. The van der Waals surface area contributed by atoms with Crippen molar-refractivity contribution < 1.29 is 0 Å². The molecule has 0 saturated carbocycles. The van der Waals surface area contributed by atoms with Crippen LogP contribution in [-0.2, 0) is 12.8 Å². The third kappa shape index (κ3) is 2.55. The highest BCUT2D eigenvalue weighted by Crippen LogP contribution is 2.38. The molecule has 0 aliphatic heterocycles. The lowest BCUT2D eigenvalue weighted by Gasteiger charge is -2.12. The number of halogens is 1. The van der Waals surface area contributed by atoms with Gasteiger partial charge in [-0.1, -0.05) is 62.7 Å². The van der Waals surface area contributed by atoms with Crippen molar-refractivity contribution in [3.63, 3.8) is 0 Å². The topological polar surface area (TPSA) is 0 Å². The molecule has 0 amide bonds. The fourth-order valence-corrected chi connectivity index (χ4v) is 2.93. The minimum absolute atomic E-state index is 0. The molecule has 0 N–H and O–H groups in total. The van der Waals surface area contributed by atoms with Crippen LogP contribution in [0.3, 0.4) is 0 Å². The van der Waals surface area contributed by atoms with Gasteiger partial charge in [0, 0.05) is 0 Å². The molecule has 0 saturated heterocycles. The molecule has 2 aromatic rings. The van der Waals surface area contributed by atoms with Gasteiger partial charge in [-0.25, -0.2) is 0 Å². The maximum atomic E-state index is 2.35. The molecule has 0 spiro atoms. The van der Waals surface area contributed by atoms with Crippen LogP contribution in [0.15, 0.2) is 42.5 Å². The Kier molecular flexibility index (Phi) is 4.31. The largest absolute Gasteiger partial charge is 0.147 e. The van der Waals surface area contributed by atoms with Crippen LogP contribution in [0.2, 0.25) is 0 Å². The lowest BCUT2D eigenvalue weighted by atomic mass is 9.93. The van der Waals surface area contributed by atoms with E-state index in [1.54, 1.807) is 11.1 Å². The quantitative estimate of drug-likeness (QED) is 0.609. The zero-order chi connectivity index (χ0) is 12.5. The van der Waals surface area contributed by atoms with E-state index in [4.69, 9.17) is 0 Å². The second-order valence-corrected chi connectivity index (χ2v) is 5.49. The SMILES string of the molecule is CCC(C)Cc1cccc2c1Cc1ccccc1-2.Cl. The molecule has 2 aromatic carbocycles. The van der Waals surface area contributed by atoms with E-state index in [9.17, 15) is 0 Å². The summed E-state index contributed by atoms with van der Waals surface area (Å²) in [7, 11) is 0. The van der Waals surface area contributed by atoms with Gasteiger partial charge >= 0.3 is 0 Å². The molecule has 100 valence electrons. The van der Waals surface area contributed by atoms with Crippen LogP contribution in [0.4, 0.5) is 0 Å². The Morgan fingerprint density at radius 2 is 1.74 bits per heavy atom. The molecule has 0 aromatic heterocycles. The van der Waals surface area contributed by atoms with Gasteiger partial charge in [-0.2, -0.15) is 0 Å². The summed E-state index contributed by atoms with van der Waals surface area (Å²) in [5.41, 5.74) is 7.52. The molecule has 0 bridgehead atoms. The molecule has 0 nitrogen and oxygen atoms in total. The predicted octanol–water partition coefficient (Wildman–Crippen LogP) is 5.27. The molecule has 1 heteroatoms. The van der Waals surface area contributed by atoms with Crippen molar-refractivity contribution in [2.24, 2.45) is 5.92 Å². The molecule has 1 aliphatic carbocycles. The van der Waals surface area contributed by atoms with Crippen LogP contribution < -0.4 is 0 Å². The first-order valence-corrected chi connectivity index (χ1v) is 6.98. The molecule has 1 unspecified atom stereocenters. The van der Waals surface area contributed by atoms with Gasteiger partial charge in [0.1, 0.15) is 0 Å². The van der Waals surface area contributed by atoms with Crippen LogP contribution in [0.5, 0.6) is 0 Å². The Labute approximate surface area is 122 Å². The van der Waals surface area contributed by atoms with E-state index >= 15 is 0 Å². The average Bonchev–Trinajstić information content (AvgIpc) is 2.78. The fourth-order valence-electron chi connectivity index (χ4n) is 2.93. The summed E-state index contributed by atoms with van der Waals surface area (Å²) < 4.78 is 0. The summed E-state index contributed by atoms with van der Waals surface area (Å²) in [4.78, 5) is 0. The molecule has 1 atom stereocenters. The van der Waals surface area contributed by atoms with Gasteiger partial charge in [-0.05, 0) is 46.6 Å². The molecule has 3 rings (SSSR count). The van der Waals surface area contributed by atoms with E-state index in [2.05, 4.69) is 56.3 Å². The van der Waals surface area contributed by atoms with E-state index in [1.165, 1.54) is 29.5 Å². The summed E-state index contributed by atoms with van der Waals surface area (Å²) in [5, 5.41) is 0. The Morgan fingerprint density at radius 3 is 2.53 bits per heavy atom. The van der Waals surface area contributed by atoms with E-state index in [0.717, 1.165) is 12.3 Å². The summed E-state index contributed by atoms with van der Waals surface area (Å²) in [6.07, 6.45) is 3.60. The second-order valence-electron chi connectivity index (χ2n) is 5.49. The first kappa shape index (κ1) is 14.1. The van der Waals surface area contributed by atoms with Gasteiger partial charge in [0.05, 0.1) is 0 Å². The van der Waals surface area contributed by atoms with Crippen molar-refractivity contribution in [1.82, 2.24) is 0 Å². The Balaban J connectivity index is 0.00000133. The number of hydrogen-bond acceptors (Lipinski definition) is 0. The predicted molar refractivity (Wildman–Crippen MR) is 85.1 cm³/mol. The molecular weight excluding hydrogens is 252 g/mol. The Morgan fingerprint density at radius 1 is 1.00 bits per heavy atom. The zero-order valence-corrected chi connectivity index (χ0v) is 12.5. The van der Waals surface area contributed by atoms with Crippen molar-refractivity contribution in [1.29, 1.82) is 0 Å². The number of fused-ring (bicyclic) bond motifs is 3. The third-order valence-corrected chi connectivity index (χ3v) is 4.21. The first-order chi connectivity index (χ1) is 8.79. The van der Waals surface area contributed by atoms with Gasteiger partial charge in [0.2, 0.25) is 0 Å². The van der Waals surface area contributed by atoms with Gasteiger partial charge in [0.15, 0.2) is 0 Å². The fraction of sp³-hybridized carbons (Fsp3) is 0.333. The van der Waals surface area contributed by atoms with Crippen LogP contribution in [0.25, 0.3) is 11.1 Å². The maximum Gasteiger partial charge on any atom is -0.00107 e. The monoisotopic (exact) mass is 272 g/mol. The van der Waals surface area contributed by atoms with Crippen LogP contribution in [0, 0.1) is 5.92 Å². The highest BCUT2D eigenvalue weighted by atomic mass is 35.5. The van der Waals surface area contributed by atoms with Crippen molar-refractivity contribution in [2.75, 3.05) is 0 Å². The minimum Gasteiger partial charge on any atom is -0.147 e. The van der Waals surface area contributed by atoms with Gasteiger partial charge < -0.3 is 0 Å². The van der Waals surface area contributed by atoms with Gasteiger partial charge in [-0.3, -0.25) is 0 Å². The summed E-state index contributed by atoms with van der Waals surface area (Å²) in [6.45, 7) is 4.63. The standard InChI is InChI=1S/C18H20.ClH/c1-3-13(2)11-14-8-6-10-17-16-9-5-4-7-15(16)12-18(14)17;/h4-10,13H,3,11-12H2,1-2H3;1H. The number of rotatable bonds is 3. The maximum absolute atomic E-state index is 2.35. The molecular formula is C18H21Cl. The molecule has 0 fully saturated rings. The van der Waals surface area contributed by atoms with Crippen molar-refractivity contribution in [3.8, 4) is 11.1 Å². The molecule has 19 heavy (non-hydrogen) atoms. The van der Waals surface area contributed by atoms with E-state index in [0.29, 0.717) is 0 Å². The van der Waals surface area contributed by atoms with Crippen LogP contribution in [0.1, 0.15) is 37.0 Å². The number of hydrogen-bond donors (Lipinski definition) is 0. The molecule has 0 radical (unpaired) electrons. The first-order valence-electron chi connectivity index (χ1n) is 6.98. The van der Waals surface area contributed by atoms with E-state index < -0.39 is 0 Å². The van der Waals surface area contributed by atoms with Gasteiger partial charge in [-0.15, -0.1) is 12.4 Å². The van der Waals surface area contributed by atoms with Crippen molar-refractivity contribution >= 4 is 12.4 Å². The Bertz CT molecular complexity index is 572. The normalized spacial score (nSPS) is 13.4. The van der Waals surface area contributed by atoms with Crippen LogP contribution >= 0.6 is 12.4 Å². The smallest absolute Gasteiger partial charge is 0.00107 e. The lowest BCUT2D eigenvalue weighted by Crippen LogP contribution is -2.01. The zero-order valence-electron chi connectivity index (χ0n) is 11.6. The van der Waals surface area contributed by atoms with E-state index in [-0.39, 0.29) is 12.4 Å². The summed E-state index contributed by atoms with van der Waals surface area (Å²) >= 11 is 0. The highest BCUT2D eigenvalue weighted by Gasteiger charge is 2.20. The third-order valence-electron chi connectivity index (χ3n) is 4.21. The minimum atomic E-state index is 0. The highest BCUT2D eigenvalue weighted by molar-refractivity contribution is 5.85. The lowest BCUT2D eigenvalue weighted by molar-refractivity contribution is 0.558. The molecule has 0 heterocycles. The van der Waals surface area contributed by atoms with Gasteiger partial charge in [0.25, 0.3) is 0 Å². The van der Waals surface area contributed by atoms with Crippen molar-refractivity contribution in [2.45, 2.75) is 33.1 Å². The summed E-state index contributed by atoms with van der Waals surface area (Å²) in [6, 6.07) is 15.6. The van der Waals surface area contributed by atoms with Crippen molar-refractivity contribution in [3.05, 3.63) is 59.2 Å².